The highest BCUT2D eigenvalue weighted by Gasteiger charge is 2.63. The van der Waals surface area contributed by atoms with Crippen molar-refractivity contribution in [2.24, 2.45) is 30.7 Å². The summed E-state index contributed by atoms with van der Waals surface area (Å²) < 4.78 is 94.8. The van der Waals surface area contributed by atoms with Gasteiger partial charge in [0.2, 0.25) is 0 Å². The van der Waals surface area contributed by atoms with E-state index in [9.17, 15) is 33.2 Å². The Balaban J connectivity index is 0.856. The van der Waals surface area contributed by atoms with Crippen molar-refractivity contribution in [3.05, 3.63) is 62.7 Å². The van der Waals surface area contributed by atoms with Gasteiger partial charge in [-0.15, -0.1) is 0 Å². The van der Waals surface area contributed by atoms with Crippen molar-refractivity contribution in [2.45, 2.75) is 286 Å². The highest BCUT2D eigenvalue weighted by molar-refractivity contribution is 5.11. The summed E-state index contributed by atoms with van der Waals surface area (Å²) in [6.07, 6.45) is 1.80. The Morgan fingerprint density at radius 2 is 0.679 bits per heavy atom. The molecule has 12 fully saturated rings. The summed E-state index contributed by atoms with van der Waals surface area (Å²) in [6.45, 7) is -0.414. The van der Waals surface area contributed by atoms with Crippen molar-refractivity contribution >= 4 is 0 Å². The van der Waals surface area contributed by atoms with Crippen LogP contribution in [-0.2, 0) is 66.3 Å². The van der Waals surface area contributed by atoms with Crippen molar-refractivity contribution in [1.82, 2.24) is 0 Å². The fraction of sp³-hybridized carbons (Fsp3) is 1.00. The van der Waals surface area contributed by atoms with Gasteiger partial charge in [0, 0.05) is 80.8 Å². The van der Waals surface area contributed by atoms with Gasteiger partial charge in [-0.25, -0.2) is 0 Å². The summed E-state index contributed by atoms with van der Waals surface area (Å²) in [5.41, 5.74) is 59.9. The van der Waals surface area contributed by atoms with Gasteiger partial charge in [-0.05, 0) is 97.4 Å². The molecule has 12 rings (SSSR count). The fourth-order valence-corrected chi connectivity index (χ4v) is 15.1. The molecule has 0 radical (unpaired) electrons. The lowest BCUT2D eigenvalue weighted by Crippen LogP contribution is -2.68. The molecule has 440 valence electrons. The molecular weight excluding hydrogens is 1060 g/mol. The molecule has 4 spiro atoms. The average molecular weight is 1140 g/mol. The van der Waals surface area contributed by atoms with E-state index in [2.05, 4.69) is 60.2 Å². The van der Waals surface area contributed by atoms with E-state index in [0.717, 1.165) is 77.0 Å². The third-order valence-electron chi connectivity index (χ3n) is 18.9. The molecule has 0 bridgehead atoms. The number of hydrogen-bond acceptors (Lipinski definition) is 20. The molecule has 6 aliphatic carbocycles. The molecule has 6 saturated carbocycles. The monoisotopic (exact) mass is 1130 g/mol. The predicted molar refractivity (Wildman–Crippen MR) is 273 cm³/mol. The van der Waals surface area contributed by atoms with Crippen molar-refractivity contribution in [3.63, 3.8) is 0 Å². The first-order valence-corrected chi connectivity index (χ1v) is 29.1. The first kappa shape index (κ1) is 56.8. The number of fused-ring (bicyclic) bond motifs is 4. The fourth-order valence-electron chi connectivity index (χ4n) is 15.1. The van der Waals surface area contributed by atoms with E-state index in [4.69, 9.17) is 66.3 Å². The van der Waals surface area contributed by atoms with Crippen LogP contribution in [0.1, 0.15) is 141 Å². The van der Waals surface area contributed by atoms with Crippen LogP contribution in [0.5, 0.6) is 0 Å². The topological polar surface area (TPSA) is 422 Å². The Morgan fingerprint density at radius 3 is 1.04 bits per heavy atom. The van der Waals surface area contributed by atoms with Crippen molar-refractivity contribution in [3.8, 4) is 0 Å². The largest absolute Gasteiger partial charge is 0.349 e. The SMILES string of the molecule is [N-]=[N+]=NC1C[C@H](N=[N+]=[N-])C2OC3(CCCCC3)O[C@H]2[C@@H]1O[C@H]1OC2COC3(CCCCC3)O[C@H]2[C@H](OCO[C@@H]2C(N=[N+]=[N-])[C@@H](O[C@@H]3C(N=[N+]=[N-])C[C@@H](N=[N+]=[N-])C4OC5(CCCCC5)O[C@H]43)OC3COC4(CCCCC4)O[C@H]32)C1N=[N+]=[N-]. The van der Waals surface area contributed by atoms with E-state index in [-0.39, 0.29) is 26.1 Å². The van der Waals surface area contributed by atoms with Gasteiger partial charge in [-0.2, -0.15) is 0 Å². The van der Waals surface area contributed by atoms with Gasteiger partial charge in [0.25, 0.3) is 0 Å². The Bertz CT molecular complexity index is 2380. The van der Waals surface area contributed by atoms with E-state index in [1.807, 2.05) is 0 Å². The molecule has 6 aliphatic heterocycles. The lowest BCUT2D eigenvalue weighted by Gasteiger charge is -2.54. The molecule has 12 aliphatic rings. The normalized spacial score (nSPS) is 43.3. The molecule has 20 atom stereocenters. The van der Waals surface area contributed by atoms with Crippen molar-refractivity contribution < 1.29 is 66.3 Å². The van der Waals surface area contributed by atoms with Gasteiger partial charge in [-0.1, -0.05) is 56.4 Å². The van der Waals surface area contributed by atoms with Gasteiger partial charge in [0.05, 0.1) is 61.8 Å². The first-order valence-electron chi connectivity index (χ1n) is 29.1. The quantitative estimate of drug-likeness (QED) is 0.0676. The molecule has 8 unspecified atom stereocenters. The maximum Gasteiger partial charge on any atom is 0.169 e. The molecule has 0 aromatic heterocycles. The molecule has 81 heavy (non-hydrogen) atoms. The van der Waals surface area contributed by atoms with E-state index in [0.29, 0.717) is 51.4 Å². The summed E-state index contributed by atoms with van der Waals surface area (Å²) in [5, 5.41) is 24.9. The molecule has 0 N–H and O–H groups in total. The maximum absolute atomic E-state index is 10.4. The summed E-state index contributed by atoms with van der Waals surface area (Å²) in [5.74, 6) is -3.90. The van der Waals surface area contributed by atoms with Crippen LogP contribution in [0.4, 0.5) is 0 Å². The molecular formula is C49H70N18O14. The van der Waals surface area contributed by atoms with Gasteiger partial charge >= 0.3 is 0 Å². The van der Waals surface area contributed by atoms with Crippen LogP contribution in [0.2, 0.25) is 0 Å². The molecule has 0 aromatic rings. The minimum atomic E-state index is -1.38. The van der Waals surface area contributed by atoms with Crippen molar-refractivity contribution in [1.29, 1.82) is 0 Å². The van der Waals surface area contributed by atoms with Crippen molar-refractivity contribution in [2.75, 3.05) is 20.0 Å². The van der Waals surface area contributed by atoms with E-state index in [1.54, 1.807) is 0 Å². The number of ether oxygens (including phenoxy) is 14. The molecule has 0 amide bonds. The smallest absolute Gasteiger partial charge is 0.169 e. The Kier molecular flexibility index (Phi) is 17.2. The highest BCUT2D eigenvalue weighted by Crippen LogP contribution is 2.51. The summed E-state index contributed by atoms with van der Waals surface area (Å²) in [6, 6.07) is -5.95. The number of azide groups is 6. The molecule has 32 nitrogen and oxygen atoms in total. The summed E-state index contributed by atoms with van der Waals surface area (Å²) in [4.78, 5) is 19.1. The molecule has 0 aromatic carbocycles. The standard InChI is InChI=1S/C49H70N18O14/c50-62-56-26-21-28(58-64-52)36-42(80-48(76-36)17-9-3-10-18-48)34(26)74-44-32(60-66-54)40(38-30(72-44)23-70-46(78-38)13-5-1-6-14-46)68-25-69-41-33(61-67-55)45(73-31-24-71-47(79-39(31)41)15-7-2-8-16-47)75-35-27(57-63-51)22-29(59-65-53)37-43(35)81-49(77-37)19-11-4-12-20-49/h26-45H,1-25H2/t26?,27?,28-,29+,30?,31?,32?,33?,34-,35-,36?,37?,38-,39-,40-,41-,42+,43+,44-,45-/m1/s1. The third-order valence-corrected chi connectivity index (χ3v) is 18.9. The number of hydrogen-bond donors (Lipinski definition) is 0. The summed E-state index contributed by atoms with van der Waals surface area (Å²) in [7, 11) is 0. The molecule has 6 heterocycles. The van der Waals surface area contributed by atoms with Crippen LogP contribution >= 0.6 is 0 Å². The van der Waals surface area contributed by atoms with Gasteiger partial charge < -0.3 is 66.3 Å². The van der Waals surface area contributed by atoms with E-state index < -0.39 is 152 Å². The zero-order valence-corrected chi connectivity index (χ0v) is 45.0. The van der Waals surface area contributed by atoms with Crippen LogP contribution in [0.25, 0.3) is 62.7 Å². The Morgan fingerprint density at radius 1 is 0.358 bits per heavy atom. The van der Waals surface area contributed by atoms with Crippen LogP contribution in [0.15, 0.2) is 30.7 Å². The van der Waals surface area contributed by atoms with Crippen LogP contribution in [0.3, 0.4) is 0 Å². The second-order valence-corrected chi connectivity index (χ2v) is 23.6. The minimum absolute atomic E-state index is 0.0589. The van der Waals surface area contributed by atoms with Gasteiger partial charge in [0.1, 0.15) is 67.7 Å². The number of nitrogens with zero attached hydrogens (tertiary/aromatic N) is 18. The predicted octanol–water partition coefficient (Wildman–Crippen LogP) is 9.86. The second-order valence-electron chi connectivity index (χ2n) is 23.6. The van der Waals surface area contributed by atoms with Crippen LogP contribution in [-0.4, -0.2) is 165 Å². The van der Waals surface area contributed by atoms with Gasteiger partial charge in [0.15, 0.2) is 35.7 Å². The number of rotatable bonds is 14. The lowest BCUT2D eigenvalue weighted by atomic mass is 9.84. The van der Waals surface area contributed by atoms with E-state index in [1.165, 1.54) is 0 Å². The zero-order chi connectivity index (χ0) is 55.6. The lowest BCUT2D eigenvalue weighted by molar-refractivity contribution is -0.403. The summed E-state index contributed by atoms with van der Waals surface area (Å²) >= 11 is 0. The third kappa shape index (κ3) is 11.3. The van der Waals surface area contributed by atoms with Crippen LogP contribution < -0.4 is 0 Å². The van der Waals surface area contributed by atoms with Gasteiger partial charge in [-0.3, -0.25) is 0 Å². The highest BCUT2D eigenvalue weighted by atomic mass is 16.8. The molecule has 6 saturated heterocycles. The minimum Gasteiger partial charge on any atom is -0.349 e. The van der Waals surface area contributed by atoms with Crippen LogP contribution in [0, 0.1) is 0 Å². The average Bonchev–Trinajstić information content (AvgIpc) is 4.10. The Labute approximate surface area is 465 Å². The maximum atomic E-state index is 10.4. The first-order chi connectivity index (χ1) is 39.7. The Hall–Kier alpha value is -4.70. The second kappa shape index (κ2) is 24.5. The molecule has 32 heteroatoms. The zero-order valence-electron chi connectivity index (χ0n) is 45.0. The van der Waals surface area contributed by atoms with E-state index >= 15 is 0 Å².